The van der Waals surface area contributed by atoms with Crippen molar-refractivity contribution in [3.05, 3.63) is 24.3 Å². The van der Waals surface area contributed by atoms with Crippen LogP contribution in [-0.4, -0.2) is 13.0 Å². The van der Waals surface area contributed by atoms with Crippen LogP contribution in [0.3, 0.4) is 0 Å². The average molecular weight is 180 g/mol. The van der Waals surface area contributed by atoms with Gasteiger partial charge in [0, 0.05) is 0 Å². The molecule has 0 heterocycles. The first-order valence-electron chi connectivity index (χ1n) is 2.75. The van der Waals surface area contributed by atoms with E-state index in [2.05, 4.69) is 0 Å². The van der Waals surface area contributed by atoms with Crippen LogP contribution in [0.25, 0.3) is 0 Å². The third-order valence-electron chi connectivity index (χ3n) is 1.13. The molecule has 0 atom stereocenters. The summed E-state index contributed by atoms with van der Waals surface area (Å²) in [5.74, 6) is -0.699. The zero-order chi connectivity index (χ0) is 8.48. The van der Waals surface area contributed by atoms with Gasteiger partial charge in [-0.1, -0.05) is 23.9 Å². The zero-order valence-corrected chi connectivity index (χ0v) is 7.21. The van der Waals surface area contributed by atoms with Gasteiger partial charge in [-0.25, -0.2) is 0 Å². The molecule has 0 aliphatic heterocycles. The maximum atomic E-state index is 10.7. The van der Waals surface area contributed by atoms with Crippen LogP contribution in [0.4, 0.5) is 0 Å². The largest absolute Gasteiger partial charge is 1.00 e. The molecule has 0 saturated heterocycles. The number of rotatable bonds is 1. The molecule has 1 N–H and O–H groups in total. The van der Waals surface area contributed by atoms with Gasteiger partial charge in [-0.05, 0) is 6.07 Å². The van der Waals surface area contributed by atoms with E-state index in [4.69, 9.17) is 4.55 Å². The van der Waals surface area contributed by atoms with Crippen molar-refractivity contribution in [1.29, 1.82) is 0 Å². The Labute approximate surface area is 82.2 Å². The molecule has 1 rings (SSSR count). The first-order chi connectivity index (χ1) is 5.02. The molecule has 4 nitrogen and oxygen atoms in total. The molecule has 1 aromatic rings. The molecular weight excluding hydrogens is 175 g/mol. The van der Waals surface area contributed by atoms with Gasteiger partial charge in [0.2, 0.25) is 0 Å². The Bertz CT molecular complexity index is 360. The summed E-state index contributed by atoms with van der Waals surface area (Å²) in [5, 5.41) is 10.7. The van der Waals surface area contributed by atoms with Gasteiger partial charge in [0.25, 0.3) is 10.1 Å². The van der Waals surface area contributed by atoms with E-state index < -0.39 is 20.8 Å². The maximum absolute atomic E-state index is 10.7. The van der Waals surface area contributed by atoms with E-state index in [0.717, 1.165) is 12.1 Å². The molecule has 0 fully saturated rings. The van der Waals surface area contributed by atoms with Crippen molar-refractivity contribution in [1.82, 2.24) is 0 Å². The molecule has 0 aliphatic carbocycles. The van der Waals surface area contributed by atoms with E-state index in [1.165, 1.54) is 12.1 Å². The molecule has 0 aliphatic rings. The van der Waals surface area contributed by atoms with Crippen LogP contribution in [0.15, 0.2) is 29.2 Å². The fourth-order valence-corrected chi connectivity index (χ4v) is 1.24. The van der Waals surface area contributed by atoms with Gasteiger partial charge < -0.3 is 5.11 Å². The molecule has 0 amide bonds. The maximum Gasteiger partial charge on any atom is 1.00 e. The molecule has 12 heavy (non-hydrogen) atoms. The number of benzene rings is 1. The van der Waals surface area contributed by atoms with Gasteiger partial charge in [-0.2, -0.15) is 8.42 Å². The molecule has 6 heteroatoms. The van der Waals surface area contributed by atoms with Gasteiger partial charge in [-0.15, -0.1) is 0 Å². The van der Waals surface area contributed by atoms with Crippen molar-refractivity contribution < 1.29 is 36.9 Å². The Hall–Kier alpha value is -0.473. The Morgan fingerprint density at radius 2 is 1.75 bits per heavy atom. The quantitative estimate of drug-likeness (QED) is 0.369. The van der Waals surface area contributed by atoms with E-state index in [0.29, 0.717) is 0 Å². The molecule has 60 valence electrons. The number of para-hydroxylation sites is 1. The van der Waals surface area contributed by atoms with E-state index in [-0.39, 0.29) is 18.9 Å². The summed E-state index contributed by atoms with van der Waals surface area (Å²) in [5.41, 5.74) is 0. The predicted octanol–water partition coefficient (Wildman–Crippen LogP) is -2.99. The van der Waals surface area contributed by atoms with Gasteiger partial charge in [-0.3, -0.25) is 4.55 Å². The molecule has 0 bridgehead atoms. The van der Waals surface area contributed by atoms with Crippen molar-refractivity contribution in [2.24, 2.45) is 0 Å². The normalized spacial score (nSPS) is 10.4. The molecule has 0 aromatic heterocycles. The average Bonchev–Trinajstić information content (AvgIpc) is 1.86. The Morgan fingerprint density at radius 3 is 2.08 bits per heavy atom. The second-order valence-corrected chi connectivity index (χ2v) is 3.31. The smallest absolute Gasteiger partial charge is 0.872 e. The minimum atomic E-state index is -4.35. The monoisotopic (exact) mass is 180 g/mol. The summed E-state index contributed by atoms with van der Waals surface area (Å²) in [6, 6.07) is 4.89. The summed E-state index contributed by atoms with van der Waals surface area (Å²) in [7, 11) is -4.35. The molecule has 1 aromatic carbocycles. The fourth-order valence-electron chi connectivity index (χ4n) is 0.663. The Kier molecular flexibility index (Phi) is 3.81. The van der Waals surface area contributed by atoms with Crippen LogP contribution in [0.2, 0.25) is 0 Å². The second-order valence-electron chi connectivity index (χ2n) is 1.92. The first-order valence-corrected chi connectivity index (χ1v) is 4.19. The molecule has 0 saturated carbocycles. The summed E-state index contributed by atoms with van der Waals surface area (Å²) in [6.07, 6.45) is 0. The molecular formula is C6H5LiO4S. The fraction of sp³-hybridized carbons (Fsp3) is 0. The van der Waals surface area contributed by atoms with Crippen molar-refractivity contribution in [3.8, 4) is 5.75 Å². The van der Waals surface area contributed by atoms with E-state index >= 15 is 0 Å². The Balaban J connectivity index is 0.00000121. The topological polar surface area (TPSA) is 77.4 Å². The summed E-state index contributed by atoms with van der Waals surface area (Å²) in [4.78, 5) is -0.583. The summed E-state index contributed by atoms with van der Waals surface area (Å²) < 4.78 is 29.3. The summed E-state index contributed by atoms with van der Waals surface area (Å²) in [6.45, 7) is 0. The Morgan fingerprint density at radius 1 is 1.25 bits per heavy atom. The van der Waals surface area contributed by atoms with Crippen LogP contribution in [0, 0.1) is 0 Å². The number of hydrogen-bond acceptors (Lipinski definition) is 3. The van der Waals surface area contributed by atoms with Crippen LogP contribution < -0.4 is 24.0 Å². The molecule has 0 spiro atoms. The minimum absolute atomic E-state index is 0. The predicted molar refractivity (Wildman–Crippen MR) is 35.7 cm³/mol. The SMILES string of the molecule is O=S(=O)(O)c1ccccc1[O-].[Li+]. The molecule has 0 unspecified atom stereocenters. The zero-order valence-electron chi connectivity index (χ0n) is 6.39. The van der Waals surface area contributed by atoms with Crippen LogP contribution in [0.5, 0.6) is 5.75 Å². The van der Waals surface area contributed by atoms with Crippen molar-refractivity contribution in [2.75, 3.05) is 0 Å². The van der Waals surface area contributed by atoms with E-state index in [1.54, 1.807) is 0 Å². The third kappa shape index (κ3) is 2.54. The number of hydrogen-bond donors (Lipinski definition) is 1. The van der Waals surface area contributed by atoms with Gasteiger partial charge >= 0.3 is 18.9 Å². The van der Waals surface area contributed by atoms with Crippen molar-refractivity contribution in [3.63, 3.8) is 0 Å². The van der Waals surface area contributed by atoms with Crippen LogP contribution in [0.1, 0.15) is 0 Å². The molecule has 0 radical (unpaired) electrons. The van der Waals surface area contributed by atoms with E-state index in [1.807, 2.05) is 0 Å². The second kappa shape index (κ2) is 3.96. The standard InChI is InChI=1S/C6H6O4S.Li/c7-5-3-1-2-4-6(5)11(8,9)10;/h1-4,7H,(H,8,9,10);/q;+1/p-1. The first kappa shape index (κ1) is 11.5. The van der Waals surface area contributed by atoms with Crippen molar-refractivity contribution >= 4 is 10.1 Å². The van der Waals surface area contributed by atoms with Crippen molar-refractivity contribution in [2.45, 2.75) is 4.90 Å². The summed E-state index contributed by atoms with van der Waals surface area (Å²) >= 11 is 0. The van der Waals surface area contributed by atoms with Gasteiger partial charge in [0.1, 0.15) is 0 Å². The van der Waals surface area contributed by atoms with Crippen LogP contribution in [-0.2, 0) is 10.1 Å². The van der Waals surface area contributed by atoms with Gasteiger partial charge in [0.05, 0.1) is 4.90 Å². The van der Waals surface area contributed by atoms with Gasteiger partial charge in [0.15, 0.2) is 0 Å². The van der Waals surface area contributed by atoms with Crippen LogP contribution >= 0.6 is 0 Å². The third-order valence-corrected chi connectivity index (χ3v) is 2.02. The van der Waals surface area contributed by atoms with E-state index in [9.17, 15) is 13.5 Å². The minimum Gasteiger partial charge on any atom is -0.872 e.